The van der Waals surface area contributed by atoms with Crippen molar-refractivity contribution in [2.45, 2.75) is 57.2 Å². The molecule has 2 aliphatic rings. The summed E-state index contributed by atoms with van der Waals surface area (Å²) in [6, 6.07) is 4.89. The number of likely N-dealkylation sites (tertiary alicyclic amines) is 1. The van der Waals surface area contributed by atoms with Crippen LogP contribution in [0.15, 0.2) is 24.4 Å². The molecule has 30 heavy (non-hydrogen) atoms. The molecule has 1 saturated carbocycles. The second-order valence-electron chi connectivity index (χ2n) is 8.65. The highest BCUT2D eigenvalue weighted by Crippen LogP contribution is 2.41. The Bertz CT molecular complexity index is 1090. The standard InChI is InChI=1S/C21H24ClN5O2S/c1-11(2)19(27-10-16(24-25-27)12-3-4-12)21(29)26-9-14(28)8-17(26)20-23-15-6-5-13(22)7-18(15)30-20/h5-7,10-12,14,17,19,28H,3-4,8-9H2,1-2H3. The number of rotatable bonds is 5. The van der Waals surface area contributed by atoms with Crippen LogP contribution in [0.3, 0.4) is 0 Å². The average Bonchev–Trinajstić information content (AvgIpc) is 3.10. The lowest BCUT2D eigenvalue weighted by molar-refractivity contribution is -0.137. The summed E-state index contributed by atoms with van der Waals surface area (Å²) in [7, 11) is 0. The lowest BCUT2D eigenvalue weighted by atomic mass is 10.0. The van der Waals surface area contributed by atoms with Gasteiger partial charge in [-0.05, 0) is 37.0 Å². The Hall–Kier alpha value is -2.03. The van der Waals surface area contributed by atoms with Crippen LogP contribution < -0.4 is 0 Å². The van der Waals surface area contributed by atoms with Gasteiger partial charge in [-0.2, -0.15) is 0 Å². The molecule has 3 atom stereocenters. The van der Waals surface area contributed by atoms with E-state index in [0.717, 1.165) is 33.8 Å². The summed E-state index contributed by atoms with van der Waals surface area (Å²) in [6.45, 7) is 4.33. The maximum atomic E-state index is 13.7. The number of fused-ring (bicyclic) bond motifs is 1. The number of aromatic nitrogens is 4. The lowest BCUT2D eigenvalue weighted by Crippen LogP contribution is -2.40. The summed E-state index contributed by atoms with van der Waals surface area (Å²) >= 11 is 7.65. The van der Waals surface area contributed by atoms with Gasteiger partial charge in [-0.1, -0.05) is 30.7 Å². The van der Waals surface area contributed by atoms with Crippen LogP contribution in [0.5, 0.6) is 0 Å². The first-order valence-electron chi connectivity index (χ1n) is 10.4. The number of carbonyl (C=O) groups excluding carboxylic acids is 1. The lowest BCUT2D eigenvalue weighted by Gasteiger charge is -2.29. The number of β-amino-alcohol motifs (C(OH)–C–C–N with tert-alkyl or cyclic N) is 1. The Morgan fingerprint density at radius 1 is 1.33 bits per heavy atom. The first-order chi connectivity index (χ1) is 14.4. The molecule has 0 bridgehead atoms. The molecule has 3 unspecified atom stereocenters. The number of aliphatic hydroxyl groups excluding tert-OH is 1. The molecule has 1 aliphatic carbocycles. The Balaban J connectivity index is 1.46. The second-order valence-corrected chi connectivity index (χ2v) is 10.1. The van der Waals surface area contributed by atoms with E-state index in [1.807, 2.05) is 38.2 Å². The summed E-state index contributed by atoms with van der Waals surface area (Å²) in [5.74, 6) is 0.479. The van der Waals surface area contributed by atoms with E-state index in [1.165, 1.54) is 11.3 Å². The zero-order valence-electron chi connectivity index (χ0n) is 16.9. The number of thiazole rings is 1. The van der Waals surface area contributed by atoms with Gasteiger partial charge in [0.1, 0.15) is 11.0 Å². The minimum absolute atomic E-state index is 0.0406. The fourth-order valence-electron chi connectivity index (χ4n) is 4.22. The van der Waals surface area contributed by atoms with Crippen LogP contribution in [-0.2, 0) is 4.79 Å². The van der Waals surface area contributed by atoms with Crippen molar-refractivity contribution >= 4 is 39.1 Å². The van der Waals surface area contributed by atoms with E-state index in [-0.39, 0.29) is 17.9 Å². The van der Waals surface area contributed by atoms with Crippen LogP contribution >= 0.6 is 22.9 Å². The van der Waals surface area contributed by atoms with E-state index in [0.29, 0.717) is 23.9 Å². The Morgan fingerprint density at radius 3 is 2.87 bits per heavy atom. The van der Waals surface area contributed by atoms with Gasteiger partial charge in [0.2, 0.25) is 5.91 Å². The number of halogens is 1. The summed E-state index contributed by atoms with van der Waals surface area (Å²) in [4.78, 5) is 20.2. The second kappa shape index (κ2) is 7.59. The first-order valence-corrected chi connectivity index (χ1v) is 11.6. The molecule has 0 spiro atoms. The predicted molar refractivity (Wildman–Crippen MR) is 116 cm³/mol. The molecule has 158 valence electrons. The van der Waals surface area contributed by atoms with Crippen molar-refractivity contribution in [1.29, 1.82) is 0 Å². The normalized spacial score (nSPS) is 22.9. The number of hydrogen-bond acceptors (Lipinski definition) is 6. The topological polar surface area (TPSA) is 84.1 Å². The van der Waals surface area contributed by atoms with E-state index < -0.39 is 12.1 Å². The van der Waals surface area contributed by atoms with Gasteiger partial charge >= 0.3 is 0 Å². The minimum atomic E-state index is -0.569. The van der Waals surface area contributed by atoms with E-state index >= 15 is 0 Å². The molecule has 7 nitrogen and oxygen atoms in total. The molecule has 9 heteroatoms. The molecule has 1 saturated heterocycles. The first kappa shape index (κ1) is 19.9. The summed E-state index contributed by atoms with van der Waals surface area (Å²) in [5.41, 5.74) is 1.83. The summed E-state index contributed by atoms with van der Waals surface area (Å²) < 4.78 is 2.69. The van der Waals surface area contributed by atoms with E-state index in [1.54, 1.807) is 9.58 Å². The maximum Gasteiger partial charge on any atom is 0.248 e. The van der Waals surface area contributed by atoms with E-state index in [4.69, 9.17) is 16.6 Å². The van der Waals surface area contributed by atoms with Crippen molar-refractivity contribution < 1.29 is 9.90 Å². The molecule has 5 rings (SSSR count). The number of benzene rings is 1. The average molecular weight is 446 g/mol. The quantitative estimate of drug-likeness (QED) is 0.642. The van der Waals surface area contributed by atoms with Crippen LogP contribution in [0.25, 0.3) is 10.2 Å². The highest BCUT2D eigenvalue weighted by molar-refractivity contribution is 7.18. The van der Waals surface area contributed by atoms with Crippen molar-refractivity contribution in [2.24, 2.45) is 5.92 Å². The molecule has 3 aromatic rings. The van der Waals surface area contributed by atoms with Crippen molar-refractivity contribution in [3.8, 4) is 0 Å². The van der Waals surface area contributed by atoms with Gasteiger partial charge in [0.05, 0.1) is 28.1 Å². The Labute approximate surface area is 183 Å². The maximum absolute atomic E-state index is 13.7. The van der Waals surface area contributed by atoms with Gasteiger partial charge < -0.3 is 10.0 Å². The monoisotopic (exact) mass is 445 g/mol. The van der Waals surface area contributed by atoms with Crippen molar-refractivity contribution in [2.75, 3.05) is 6.54 Å². The van der Waals surface area contributed by atoms with Crippen molar-refractivity contribution in [3.05, 3.63) is 40.1 Å². The number of hydrogen-bond donors (Lipinski definition) is 1. The zero-order valence-corrected chi connectivity index (χ0v) is 18.5. The predicted octanol–water partition coefficient (Wildman–Crippen LogP) is 3.95. The van der Waals surface area contributed by atoms with Crippen LogP contribution in [0.4, 0.5) is 0 Å². The molecule has 2 fully saturated rings. The zero-order chi connectivity index (χ0) is 21.0. The molecule has 1 aliphatic heterocycles. The largest absolute Gasteiger partial charge is 0.391 e. The molecule has 2 aromatic heterocycles. The SMILES string of the molecule is CC(C)C(C(=O)N1CC(O)CC1c1nc2ccc(Cl)cc2s1)n1cc(C2CC2)nn1. The van der Waals surface area contributed by atoms with Gasteiger partial charge in [-0.25, -0.2) is 9.67 Å². The van der Waals surface area contributed by atoms with E-state index in [9.17, 15) is 9.90 Å². The minimum Gasteiger partial charge on any atom is -0.391 e. The summed E-state index contributed by atoms with van der Waals surface area (Å²) in [5, 5.41) is 20.5. The highest BCUT2D eigenvalue weighted by atomic mass is 35.5. The summed E-state index contributed by atoms with van der Waals surface area (Å²) in [6.07, 6.45) is 4.11. The molecular weight excluding hydrogens is 422 g/mol. The molecular formula is C21H24ClN5O2S. The van der Waals surface area contributed by atoms with Gasteiger partial charge in [0.15, 0.2) is 0 Å². The molecule has 3 heterocycles. The van der Waals surface area contributed by atoms with Gasteiger partial charge in [-0.3, -0.25) is 4.79 Å². The molecule has 1 N–H and O–H groups in total. The fourth-order valence-corrected chi connectivity index (χ4v) is 5.59. The number of carbonyl (C=O) groups is 1. The van der Waals surface area contributed by atoms with Crippen LogP contribution in [-0.4, -0.2) is 48.5 Å². The van der Waals surface area contributed by atoms with Crippen LogP contribution in [0, 0.1) is 5.92 Å². The smallest absolute Gasteiger partial charge is 0.248 e. The third-order valence-electron chi connectivity index (χ3n) is 5.91. The molecule has 1 amide bonds. The number of nitrogens with zero attached hydrogens (tertiary/aromatic N) is 5. The highest BCUT2D eigenvalue weighted by Gasteiger charge is 2.41. The Kier molecular flexibility index (Phi) is 5.03. The Morgan fingerprint density at radius 2 is 2.13 bits per heavy atom. The van der Waals surface area contributed by atoms with Crippen molar-refractivity contribution in [3.63, 3.8) is 0 Å². The van der Waals surface area contributed by atoms with Gasteiger partial charge in [-0.15, -0.1) is 16.4 Å². The van der Waals surface area contributed by atoms with Crippen LogP contribution in [0.1, 0.15) is 61.8 Å². The third kappa shape index (κ3) is 3.61. The molecule has 1 aromatic carbocycles. The van der Waals surface area contributed by atoms with Gasteiger partial charge in [0, 0.05) is 30.1 Å². The van der Waals surface area contributed by atoms with E-state index in [2.05, 4.69) is 10.3 Å². The fraction of sp³-hybridized carbons (Fsp3) is 0.524. The third-order valence-corrected chi connectivity index (χ3v) is 7.26. The van der Waals surface area contributed by atoms with Crippen molar-refractivity contribution in [1.82, 2.24) is 24.9 Å². The number of amides is 1. The van der Waals surface area contributed by atoms with Crippen LogP contribution in [0.2, 0.25) is 5.02 Å². The molecule has 0 radical (unpaired) electrons. The number of aliphatic hydroxyl groups is 1. The van der Waals surface area contributed by atoms with Gasteiger partial charge in [0.25, 0.3) is 0 Å².